The standard InChI is InChI=1S/C25H27F4N7O2S/c1-35-20(7-16(34-35)22(26)27)32-24-33-31-11-36(24)13-4-5-18-14(6-13)21(23(38)30-10-12-2-3-12)19(39-18)8-17(37)15-9-25(15,28)29/h7,11-13,15,22H,2-6,8-10H2,1H3,(H,30,38)(H,32,33)/t13-,15?/m0/s1. The molecule has 3 aromatic heterocycles. The molecule has 39 heavy (non-hydrogen) atoms. The summed E-state index contributed by atoms with van der Waals surface area (Å²) < 4.78 is 56.4. The number of hydrogen-bond donors (Lipinski definition) is 2. The summed E-state index contributed by atoms with van der Waals surface area (Å²) >= 11 is 1.36. The normalized spacial score (nSPS) is 21.6. The number of rotatable bonds is 10. The number of hydrogen-bond acceptors (Lipinski definition) is 7. The average Bonchev–Trinajstić information content (AvgIpc) is 3.66. The summed E-state index contributed by atoms with van der Waals surface area (Å²) in [5, 5.41) is 17.9. The molecule has 2 N–H and O–H groups in total. The second kappa shape index (κ2) is 9.72. The number of amides is 1. The van der Waals surface area contributed by atoms with E-state index in [9.17, 15) is 27.2 Å². The smallest absolute Gasteiger partial charge is 0.282 e. The molecule has 2 saturated carbocycles. The number of fused-ring (bicyclic) bond motifs is 1. The number of ketones is 1. The number of alkyl halides is 4. The first kappa shape index (κ1) is 26.0. The van der Waals surface area contributed by atoms with Gasteiger partial charge in [-0.2, -0.15) is 5.10 Å². The third-order valence-corrected chi connectivity index (χ3v) is 8.95. The van der Waals surface area contributed by atoms with Gasteiger partial charge in [-0.3, -0.25) is 18.8 Å². The summed E-state index contributed by atoms with van der Waals surface area (Å²) in [6.07, 6.45) is 2.11. The van der Waals surface area contributed by atoms with Crippen molar-refractivity contribution in [3.63, 3.8) is 0 Å². The van der Waals surface area contributed by atoms with Crippen molar-refractivity contribution in [2.75, 3.05) is 11.9 Å². The Bertz CT molecular complexity index is 1430. The second-order valence-corrected chi connectivity index (χ2v) is 11.8. The number of Topliss-reactive ketones (excluding diaryl/α,β-unsaturated/α-hetero) is 1. The van der Waals surface area contributed by atoms with Crippen molar-refractivity contribution in [2.45, 2.75) is 63.3 Å². The van der Waals surface area contributed by atoms with Gasteiger partial charge in [-0.05, 0) is 43.6 Å². The molecule has 3 heterocycles. The highest BCUT2D eigenvalue weighted by atomic mass is 32.1. The first-order chi connectivity index (χ1) is 18.6. The Labute approximate surface area is 225 Å². The maximum absolute atomic E-state index is 13.6. The number of carbonyl (C=O) groups is 2. The number of carbonyl (C=O) groups excluding carboxylic acids is 2. The topological polar surface area (TPSA) is 107 Å². The molecule has 208 valence electrons. The lowest BCUT2D eigenvalue weighted by Crippen LogP contribution is -2.28. The van der Waals surface area contributed by atoms with Crippen molar-refractivity contribution in [2.24, 2.45) is 18.9 Å². The van der Waals surface area contributed by atoms with Gasteiger partial charge in [0.15, 0.2) is 0 Å². The molecular formula is C25H27F4N7O2S. The summed E-state index contributed by atoms with van der Waals surface area (Å²) in [7, 11) is 1.54. The van der Waals surface area contributed by atoms with E-state index in [0.29, 0.717) is 53.9 Å². The highest BCUT2D eigenvalue weighted by Gasteiger charge is 2.60. The van der Waals surface area contributed by atoms with E-state index in [-0.39, 0.29) is 24.1 Å². The predicted octanol–water partition coefficient (Wildman–Crippen LogP) is 4.39. The Morgan fingerprint density at radius 3 is 2.69 bits per heavy atom. The molecular weight excluding hydrogens is 538 g/mol. The molecule has 0 bridgehead atoms. The molecule has 1 amide bonds. The van der Waals surface area contributed by atoms with E-state index in [4.69, 9.17) is 0 Å². The second-order valence-electron chi connectivity index (χ2n) is 10.6. The van der Waals surface area contributed by atoms with E-state index < -0.39 is 30.5 Å². The minimum atomic E-state index is -2.95. The Kier molecular flexibility index (Phi) is 6.47. The molecule has 0 radical (unpaired) electrons. The number of halogens is 4. The third kappa shape index (κ3) is 5.18. The van der Waals surface area contributed by atoms with Crippen LogP contribution in [0.2, 0.25) is 0 Å². The Morgan fingerprint density at radius 1 is 1.26 bits per heavy atom. The highest BCUT2D eigenvalue weighted by molar-refractivity contribution is 7.12. The van der Waals surface area contributed by atoms with Gasteiger partial charge in [-0.15, -0.1) is 21.5 Å². The zero-order chi connectivity index (χ0) is 27.5. The number of nitrogens with zero attached hydrogens (tertiary/aromatic N) is 5. The molecule has 14 heteroatoms. The number of thiophene rings is 1. The molecule has 3 aromatic rings. The van der Waals surface area contributed by atoms with Crippen molar-refractivity contribution in [1.82, 2.24) is 29.9 Å². The van der Waals surface area contributed by atoms with Crippen LogP contribution in [0.3, 0.4) is 0 Å². The zero-order valence-electron chi connectivity index (χ0n) is 21.1. The Morgan fingerprint density at radius 2 is 2.03 bits per heavy atom. The van der Waals surface area contributed by atoms with Crippen molar-refractivity contribution in [3.8, 4) is 0 Å². The van der Waals surface area contributed by atoms with Gasteiger partial charge >= 0.3 is 0 Å². The minimum absolute atomic E-state index is 0.154. The zero-order valence-corrected chi connectivity index (χ0v) is 21.9. The number of aromatic nitrogens is 5. The van der Waals surface area contributed by atoms with E-state index in [1.54, 1.807) is 17.9 Å². The first-order valence-corrected chi connectivity index (χ1v) is 13.7. The Hall–Kier alpha value is -3.29. The molecule has 1 unspecified atom stereocenters. The van der Waals surface area contributed by atoms with E-state index in [0.717, 1.165) is 23.3 Å². The summed E-state index contributed by atoms with van der Waals surface area (Å²) in [6, 6.07) is 1.09. The van der Waals surface area contributed by atoms with Crippen LogP contribution in [-0.2, 0) is 31.1 Å². The number of aryl methyl sites for hydroxylation is 2. The summed E-state index contributed by atoms with van der Waals surface area (Å²) in [5.74, 6) is -3.91. The Balaban J connectivity index is 1.26. The van der Waals surface area contributed by atoms with Crippen LogP contribution in [0.4, 0.5) is 29.3 Å². The maximum atomic E-state index is 13.6. The maximum Gasteiger partial charge on any atom is 0.282 e. The molecule has 2 fully saturated rings. The van der Waals surface area contributed by atoms with Gasteiger partial charge in [-0.25, -0.2) is 17.6 Å². The molecule has 3 aliphatic rings. The van der Waals surface area contributed by atoms with Gasteiger partial charge in [-0.1, -0.05) is 0 Å². The van der Waals surface area contributed by atoms with Gasteiger partial charge in [0.1, 0.15) is 23.6 Å². The molecule has 2 atom stereocenters. The molecule has 0 aromatic carbocycles. The quantitative estimate of drug-likeness (QED) is 0.353. The van der Waals surface area contributed by atoms with Crippen LogP contribution in [0, 0.1) is 11.8 Å². The average molecular weight is 566 g/mol. The van der Waals surface area contributed by atoms with Crippen LogP contribution in [0.25, 0.3) is 0 Å². The lowest BCUT2D eigenvalue weighted by atomic mass is 9.90. The lowest BCUT2D eigenvalue weighted by Gasteiger charge is -2.25. The minimum Gasteiger partial charge on any atom is -0.352 e. The molecule has 9 nitrogen and oxygen atoms in total. The van der Waals surface area contributed by atoms with Gasteiger partial charge in [0.2, 0.25) is 5.95 Å². The third-order valence-electron chi connectivity index (χ3n) is 7.66. The van der Waals surface area contributed by atoms with Gasteiger partial charge < -0.3 is 10.6 Å². The molecule has 6 rings (SSSR count). The largest absolute Gasteiger partial charge is 0.352 e. The predicted molar refractivity (Wildman–Crippen MR) is 134 cm³/mol. The van der Waals surface area contributed by atoms with Crippen molar-refractivity contribution >= 4 is 34.8 Å². The fourth-order valence-corrected chi connectivity index (χ4v) is 6.52. The van der Waals surface area contributed by atoms with Gasteiger partial charge in [0.05, 0.1) is 11.5 Å². The molecule has 3 aliphatic carbocycles. The molecule has 0 saturated heterocycles. The fraction of sp³-hybridized carbons (Fsp3) is 0.560. The number of nitrogens with one attached hydrogen (secondary N) is 2. The van der Waals surface area contributed by atoms with Crippen LogP contribution in [-0.4, -0.2) is 48.7 Å². The number of anilines is 2. The van der Waals surface area contributed by atoms with Crippen molar-refractivity contribution in [1.29, 1.82) is 0 Å². The summed E-state index contributed by atoms with van der Waals surface area (Å²) in [6.45, 7) is 0.547. The molecule has 0 spiro atoms. The van der Waals surface area contributed by atoms with E-state index >= 15 is 0 Å². The fourth-order valence-electron chi connectivity index (χ4n) is 5.17. The van der Waals surface area contributed by atoms with Gasteiger partial charge in [0, 0.05) is 48.3 Å². The highest BCUT2D eigenvalue weighted by Crippen LogP contribution is 2.50. The van der Waals surface area contributed by atoms with Crippen LogP contribution < -0.4 is 10.6 Å². The van der Waals surface area contributed by atoms with Gasteiger partial charge in [0.25, 0.3) is 18.3 Å². The lowest BCUT2D eigenvalue weighted by molar-refractivity contribution is -0.121. The van der Waals surface area contributed by atoms with E-state index in [1.807, 2.05) is 0 Å². The SMILES string of the molecule is Cn1nc(C(F)F)cc1Nc1nncn1[C@H]1CCc2sc(CC(=O)C3CC3(F)F)c(C(=O)NCC3CC3)c2C1. The summed E-state index contributed by atoms with van der Waals surface area (Å²) in [5.41, 5.74) is 0.878. The van der Waals surface area contributed by atoms with Crippen molar-refractivity contribution < 1.29 is 27.2 Å². The van der Waals surface area contributed by atoms with Crippen LogP contribution in [0.15, 0.2) is 12.4 Å². The van der Waals surface area contributed by atoms with Crippen LogP contribution in [0.1, 0.15) is 69.5 Å². The molecule has 0 aliphatic heterocycles. The van der Waals surface area contributed by atoms with E-state index in [1.165, 1.54) is 22.1 Å². The first-order valence-electron chi connectivity index (χ1n) is 12.9. The summed E-state index contributed by atoms with van der Waals surface area (Å²) in [4.78, 5) is 27.5. The van der Waals surface area contributed by atoms with E-state index in [2.05, 4.69) is 25.9 Å². The van der Waals surface area contributed by atoms with Crippen LogP contribution in [0.5, 0.6) is 0 Å². The van der Waals surface area contributed by atoms with Crippen molar-refractivity contribution in [3.05, 3.63) is 39.0 Å². The monoisotopic (exact) mass is 565 g/mol. The van der Waals surface area contributed by atoms with Crippen LogP contribution >= 0.6 is 11.3 Å².